The molecule has 1 heterocycles. The highest BCUT2D eigenvalue weighted by atomic mass is 16.5. The minimum atomic E-state index is -0.534. The van der Waals surface area contributed by atoms with Crippen LogP contribution in [0, 0.1) is 13.8 Å². The average Bonchev–Trinajstić information content (AvgIpc) is 2.85. The molecule has 2 rings (SSSR count). The van der Waals surface area contributed by atoms with E-state index >= 15 is 0 Å². The molecule has 1 aromatic heterocycles. The van der Waals surface area contributed by atoms with E-state index in [9.17, 15) is 14.4 Å². The number of nitrogens with one attached hydrogen (secondary N) is 1. The van der Waals surface area contributed by atoms with Crippen molar-refractivity contribution in [2.45, 2.75) is 34.2 Å². The summed E-state index contributed by atoms with van der Waals surface area (Å²) in [7, 11) is 0. The van der Waals surface area contributed by atoms with Gasteiger partial charge in [0.05, 0.1) is 12.2 Å². The Hall–Kier alpha value is -3.09. The maximum Gasteiger partial charge on any atom is 0.355 e. The number of hydrogen-bond acceptors (Lipinski definition) is 4. The summed E-state index contributed by atoms with van der Waals surface area (Å²) in [6, 6.07) is 6.29. The number of carbonyl (C=O) groups excluding carboxylic acids is 3. The normalized spacial score (nSPS) is 10.5. The number of benzene rings is 1. The summed E-state index contributed by atoms with van der Waals surface area (Å²) in [6.07, 6.45) is 0. The second kappa shape index (κ2) is 7.86. The fourth-order valence-electron chi connectivity index (χ4n) is 3.00. The minimum absolute atomic E-state index is 0.264. The van der Waals surface area contributed by atoms with E-state index in [0.717, 1.165) is 0 Å². The average molecular weight is 357 g/mol. The highest BCUT2D eigenvalue weighted by Crippen LogP contribution is 2.24. The Bertz CT molecular complexity index is 851. The lowest BCUT2D eigenvalue weighted by Gasteiger charge is -2.08. The number of nitrogens with two attached hydrogens (primary N) is 1. The van der Waals surface area contributed by atoms with Crippen LogP contribution < -0.4 is 11.1 Å². The molecule has 0 aliphatic heterocycles. The number of hydrogen-bond donors (Lipinski definition) is 2. The summed E-state index contributed by atoms with van der Waals surface area (Å²) >= 11 is 0. The van der Waals surface area contributed by atoms with Crippen molar-refractivity contribution in [3.8, 4) is 0 Å². The van der Waals surface area contributed by atoms with E-state index < -0.39 is 11.9 Å². The number of aromatic nitrogens is 1. The molecule has 0 radical (unpaired) electrons. The van der Waals surface area contributed by atoms with E-state index in [1.807, 2.05) is 6.92 Å². The molecule has 0 aliphatic rings. The molecule has 7 heteroatoms. The number of rotatable bonds is 6. The van der Waals surface area contributed by atoms with Crippen molar-refractivity contribution in [3.05, 3.63) is 52.3 Å². The van der Waals surface area contributed by atoms with E-state index in [-0.39, 0.29) is 12.5 Å². The number of amides is 2. The predicted octanol–water partition coefficient (Wildman–Crippen LogP) is 2.65. The topological polar surface area (TPSA) is 103 Å². The zero-order chi connectivity index (χ0) is 19.4. The molecular weight excluding hydrogens is 334 g/mol. The molecule has 0 atom stereocenters. The number of esters is 1. The molecule has 0 saturated carbocycles. The molecule has 7 nitrogen and oxygen atoms in total. The van der Waals surface area contributed by atoms with E-state index in [0.29, 0.717) is 40.3 Å². The Morgan fingerprint density at radius 3 is 2.23 bits per heavy atom. The molecule has 2 aromatic rings. The molecule has 3 N–H and O–H groups in total. The zero-order valence-corrected chi connectivity index (χ0v) is 15.4. The van der Waals surface area contributed by atoms with Gasteiger partial charge in [-0.1, -0.05) is 0 Å². The fraction of sp³-hybridized carbons (Fsp3) is 0.316. The van der Waals surface area contributed by atoms with E-state index in [1.54, 1.807) is 49.6 Å². The monoisotopic (exact) mass is 357 g/mol. The third-order valence-electron chi connectivity index (χ3n) is 4.21. The summed E-state index contributed by atoms with van der Waals surface area (Å²) in [6.45, 7) is 7.98. The standard InChI is InChI=1S/C19H23N3O4/c1-5-22-12(4)15(11(3)16(22)19(25)26-6-2)18(24)21-14-9-7-13(8-10-14)17(20)23/h7-10H,5-6H2,1-4H3,(H2,20,23)(H,21,24). The lowest BCUT2D eigenvalue weighted by molar-refractivity contribution is 0.0512. The van der Waals surface area contributed by atoms with Crippen molar-refractivity contribution in [2.75, 3.05) is 11.9 Å². The molecule has 1 aromatic carbocycles. The SMILES string of the molecule is CCOC(=O)c1c(C)c(C(=O)Nc2ccc(C(N)=O)cc2)c(C)n1CC. The van der Waals surface area contributed by atoms with Crippen molar-refractivity contribution in [1.29, 1.82) is 0 Å². The van der Waals surface area contributed by atoms with Gasteiger partial charge in [0, 0.05) is 23.5 Å². The van der Waals surface area contributed by atoms with Gasteiger partial charge in [0.2, 0.25) is 5.91 Å². The number of anilines is 1. The van der Waals surface area contributed by atoms with E-state index in [4.69, 9.17) is 10.5 Å². The van der Waals surface area contributed by atoms with Crippen LogP contribution in [0.1, 0.15) is 56.3 Å². The number of ether oxygens (including phenoxy) is 1. The van der Waals surface area contributed by atoms with Crippen molar-refractivity contribution in [3.63, 3.8) is 0 Å². The molecule has 138 valence electrons. The first-order valence-corrected chi connectivity index (χ1v) is 8.39. The molecule has 0 aliphatic carbocycles. The zero-order valence-electron chi connectivity index (χ0n) is 15.4. The van der Waals surface area contributed by atoms with Crippen LogP contribution in [0.5, 0.6) is 0 Å². The predicted molar refractivity (Wildman–Crippen MR) is 98.4 cm³/mol. The summed E-state index contributed by atoms with van der Waals surface area (Å²) in [5.74, 6) is -1.31. The van der Waals surface area contributed by atoms with Crippen LogP contribution in [-0.4, -0.2) is 29.0 Å². The van der Waals surface area contributed by atoms with Gasteiger partial charge in [0.15, 0.2) is 0 Å². The van der Waals surface area contributed by atoms with Crippen LogP contribution in [0.4, 0.5) is 5.69 Å². The molecular formula is C19H23N3O4. The fourth-order valence-corrected chi connectivity index (χ4v) is 3.00. The van der Waals surface area contributed by atoms with Gasteiger partial charge in [0.1, 0.15) is 5.69 Å². The van der Waals surface area contributed by atoms with Crippen LogP contribution >= 0.6 is 0 Å². The van der Waals surface area contributed by atoms with Gasteiger partial charge >= 0.3 is 5.97 Å². The maximum absolute atomic E-state index is 12.8. The first-order valence-electron chi connectivity index (χ1n) is 8.39. The van der Waals surface area contributed by atoms with Crippen molar-refractivity contribution in [2.24, 2.45) is 5.73 Å². The molecule has 0 saturated heterocycles. The van der Waals surface area contributed by atoms with Crippen molar-refractivity contribution in [1.82, 2.24) is 4.57 Å². The van der Waals surface area contributed by atoms with Crippen LogP contribution in [0.3, 0.4) is 0 Å². The van der Waals surface area contributed by atoms with Crippen LogP contribution in [0.15, 0.2) is 24.3 Å². The van der Waals surface area contributed by atoms with Crippen LogP contribution in [0.25, 0.3) is 0 Å². The summed E-state index contributed by atoms with van der Waals surface area (Å²) in [4.78, 5) is 36.2. The molecule has 2 amide bonds. The van der Waals surface area contributed by atoms with Gasteiger partial charge in [-0.25, -0.2) is 4.79 Å². The van der Waals surface area contributed by atoms with Gasteiger partial charge in [-0.15, -0.1) is 0 Å². The quantitative estimate of drug-likeness (QED) is 0.776. The number of nitrogens with zero attached hydrogens (tertiary/aromatic N) is 1. The summed E-state index contributed by atoms with van der Waals surface area (Å²) < 4.78 is 6.89. The second-order valence-corrected chi connectivity index (χ2v) is 5.79. The number of carbonyl (C=O) groups is 3. The minimum Gasteiger partial charge on any atom is -0.461 e. The van der Waals surface area contributed by atoms with E-state index in [1.165, 1.54) is 0 Å². The third-order valence-corrected chi connectivity index (χ3v) is 4.21. The molecule has 26 heavy (non-hydrogen) atoms. The molecule has 0 bridgehead atoms. The molecule has 0 fully saturated rings. The maximum atomic E-state index is 12.8. The Kier molecular flexibility index (Phi) is 5.82. The lowest BCUT2D eigenvalue weighted by Crippen LogP contribution is -2.15. The van der Waals surface area contributed by atoms with Crippen molar-refractivity contribution >= 4 is 23.5 Å². The van der Waals surface area contributed by atoms with Gasteiger partial charge in [-0.2, -0.15) is 0 Å². The smallest absolute Gasteiger partial charge is 0.355 e. The Morgan fingerprint density at radius 1 is 1.12 bits per heavy atom. The highest BCUT2D eigenvalue weighted by molar-refractivity contribution is 6.08. The summed E-state index contributed by atoms with van der Waals surface area (Å²) in [5, 5.41) is 2.79. The number of primary amides is 1. The lowest BCUT2D eigenvalue weighted by atomic mass is 10.1. The van der Waals surface area contributed by atoms with Gasteiger partial charge < -0.3 is 20.4 Å². The first kappa shape index (κ1) is 19.2. The first-order chi connectivity index (χ1) is 12.3. The molecule has 0 unspecified atom stereocenters. The van der Waals surface area contributed by atoms with Crippen LogP contribution in [-0.2, 0) is 11.3 Å². The molecule has 0 spiro atoms. The van der Waals surface area contributed by atoms with Crippen molar-refractivity contribution < 1.29 is 19.1 Å². The van der Waals surface area contributed by atoms with Gasteiger partial charge in [0.25, 0.3) is 5.91 Å². The van der Waals surface area contributed by atoms with E-state index in [2.05, 4.69) is 5.32 Å². The third kappa shape index (κ3) is 3.61. The Morgan fingerprint density at radius 2 is 1.73 bits per heavy atom. The second-order valence-electron chi connectivity index (χ2n) is 5.79. The van der Waals surface area contributed by atoms with Gasteiger partial charge in [-0.3, -0.25) is 9.59 Å². The Labute approximate surface area is 152 Å². The highest BCUT2D eigenvalue weighted by Gasteiger charge is 2.26. The largest absolute Gasteiger partial charge is 0.461 e. The Balaban J connectivity index is 2.36. The summed E-state index contributed by atoms with van der Waals surface area (Å²) in [5.41, 5.74) is 8.20. The van der Waals surface area contributed by atoms with Gasteiger partial charge in [-0.05, 0) is 57.5 Å². The van der Waals surface area contributed by atoms with Crippen LogP contribution in [0.2, 0.25) is 0 Å².